The van der Waals surface area contributed by atoms with Gasteiger partial charge in [0.15, 0.2) is 0 Å². The van der Waals surface area contributed by atoms with Crippen LogP contribution >= 0.6 is 22.6 Å². The summed E-state index contributed by atoms with van der Waals surface area (Å²) in [6, 6.07) is 7.37. The summed E-state index contributed by atoms with van der Waals surface area (Å²) in [5.74, 6) is -0.796. The molecule has 0 fully saturated rings. The molecule has 3 nitrogen and oxygen atoms in total. The van der Waals surface area contributed by atoms with E-state index in [0.717, 1.165) is 9.26 Å². The van der Waals surface area contributed by atoms with E-state index in [-0.39, 0.29) is 0 Å². The van der Waals surface area contributed by atoms with Gasteiger partial charge in [0.2, 0.25) is 0 Å². The maximum Gasteiger partial charge on any atom is 0.326 e. The molecule has 1 aromatic rings. The summed E-state index contributed by atoms with van der Waals surface area (Å²) in [6.07, 6.45) is 0. The van der Waals surface area contributed by atoms with Gasteiger partial charge < -0.3 is 10.0 Å². The highest BCUT2D eigenvalue weighted by molar-refractivity contribution is 14.1. The van der Waals surface area contributed by atoms with E-state index in [1.54, 1.807) is 6.92 Å². The Labute approximate surface area is 103 Å². The van der Waals surface area contributed by atoms with Crippen LogP contribution in [0.15, 0.2) is 24.3 Å². The van der Waals surface area contributed by atoms with Crippen molar-refractivity contribution in [3.63, 3.8) is 0 Å². The van der Waals surface area contributed by atoms with Gasteiger partial charge in [0.25, 0.3) is 0 Å². The Morgan fingerprint density at radius 2 is 2.00 bits per heavy atom. The molecule has 15 heavy (non-hydrogen) atoms. The third-order valence-electron chi connectivity index (χ3n) is 2.32. The second-order valence-electron chi connectivity index (χ2n) is 3.28. The molecule has 1 N–H and O–H groups in total. The van der Waals surface area contributed by atoms with Crippen molar-refractivity contribution in [3.8, 4) is 0 Å². The van der Waals surface area contributed by atoms with Crippen LogP contribution in [0.5, 0.6) is 0 Å². The number of hydrogen-bond acceptors (Lipinski definition) is 2. The largest absolute Gasteiger partial charge is 0.480 e. The van der Waals surface area contributed by atoms with Crippen molar-refractivity contribution in [3.05, 3.63) is 27.8 Å². The summed E-state index contributed by atoms with van der Waals surface area (Å²) in [6.45, 7) is 4.34. The van der Waals surface area contributed by atoms with Gasteiger partial charge in [-0.3, -0.25) is 0 Å². The fraction of sp³-hybridized carbons (Fsp3) is 0.364. The van der Waals surface area contributed by atoms with Crippen LogP contribution in [0.1, 0.15) is 13.8 Å². The van der Waals surface area contributed by atoms with Gasteiger partial charge >= 0.3 is 5.97 Å². The van der Waals surface area contributed by atoms with Crippen LogP contribution in [0.3, 0.4) is 0 Å². The van der Waals surface area contributed by atoms with E-state index >= 15 is 0 Å². The Morgan fingerprint density at radius 1 is 1.47 bits per heavy atom. The van der Waals surface area contributed by atoms with Crippen molar-refractivity contribution < 1.29 is 9.90 Å². The van der Waals surface area contributed by atoms with E-state index in [0.29, 0.717) is 6.54 Å². The lowest BCUT2D eigenvalue weighted by molar-refractivity contribution is -0.138. The molecule has 82 valence electrons. The minimum absolute atomic E-state index is 0.491. The molecule has 0 aliphatic carbocycles. The van der Waals surface area contributed by atoms with Crippen molar-refractivity contribution in [2.45, 2.75) is 19.9 Å². The average molecular weight is 319 g/mol. The Hall–Kier alpha value is -0.780. The van der Waals surface area contributed by atoms with Crippen molar-refractivity contribution >= 4 is 34.2 Å². The molecular formula is C11H14INO2. The van der Waals surface area contributed by atoms with E-state index in [4.69, 9.17) is 5.11 Å². The normalized spacial score (nSPS) is 12.2. The molecule has 0 spiro atoms. The quantitative estimate of drug-likeness (QED) is 0.867. The lowest BCUT2D eigenvalue weighted by atomic mass is 10.2. The molecule has 0 aromatic heterocycles. The van der Waals surface area contributed by atoms with Crippen LogP contribution in [0, 0.1) is 3.57 Å². The maximum absolute atomic E-state index is 10.9. The Balaban J connectivity index is 2.92. The molecule has 1 atom stereocenters. The van der Waals surface area contributed by atoms with E-state index in [2.05, 4.69) is 22.6 Å². The summed E-state index contributed by atoms with van der Waals surface area (Å²) in [5.41, 5.74) is 0.952. The summed E-state index contributed by atoms with van der Waals surface area (Å²) < 4.78 is 1.15. The van der Waals surface area contributed by atoms with Gasteiger partial charge in [0.1, 0.15) is 6.04 Å². The molecule has 0 amide bonds. The third kappa shape index (κ3) is 3.09. The van der Waals surface area contributed by atoms with E-state index in [1.165, 1.54) is 0 Å². The van der Waals surface area contributed by atoms with Crippen LogP contribution in [-0.2, 0) is 4.79 Å². The zero-order valence-corrected chi connectivity index (χ0v) is 10.9. The fourth-order valence-corrected chi connectivity index (χ4v) is 1.81. The number of benzene rings is 1. The Bertz CT molecular complexity index is 337. The second-order valence-corrected chi connectivity index (χ2v) is 4.52. The predicted octanol–water partition coefficient (Wildman–Crippen LogP) is 2.59. The van der Waals surface area contributed by atoms with Crippen molar-refractivity contribution in [1.29, 1.82) is 0 Å². The van der Waals surface area contributed by atoms with E-state index in [1.807, 2.05) is 36.1 Å². The Morgan fingerprint density at radius 3 is 2.40 bits per heavy atom. The van der Waals surface area contributed by atoms with Crippen molar-refractivity contribution in [1.82, 2.24) is 0 Å². The number of anilines is 1. The predicted molar refractivity (Wildman–Crippen MR) is 69.3 cm³/mol. The number of carboxylic acid groups (broad SMARTS) is 1. The zero-order chi connectivity index (χ0) is 11.4. The molecule has 1 rings (SSSR count). The minimum Gasteiger partial charge on any atom is -0.480 e. The standard InChI is InChI=1S/C11H14INO2/c1-3-13(8(2)11(14)15)10-6-4-9(12)5-7-10/h4-8H,3H2,1-2H3,(H,14,15). The number of carbonyl (C=O) groups is 1. The van der Waals surface area contributed by atoms with Gasteiger partial charge in [-0.1, -0.05) is 0 Å². The molecule has 4 heteroatoms. The average Bonchev–Trinajstić information content (AvgIpc) is 2.21. The van der Waals surface area contributed by atoms with Gasteiger partial charge in [-0.2, -0.15) is 0 Å². The molecule has 1 unspecified atom stereocenters. The molecular weight excluding hydrogens is 305 g/mol. The second kappa shape index (κ2) is 5.34. The fourth-order valence-electron chi connectivity index (χ4n) is 1.45. The first-order valence-electron chi connectivity index (χ1n) is 4.81. The van der Waals surface area contributed by atoms with E-state index < -0.39 is 12.0 Å². The SMILES string of the molecule is CCN(c1ccc(I)cc1)C(C)C(=O)O. The summed E-state index contributed by atoms with van der Waals surface area (Å²) in [5, 5.41) is 8.96. The van der Waals surface area contributed by atoms with E-state index in [9.17, 15) is 4.79 Å². The van der Waals surface area contributed by atoms with Crippen molar-refractivity contribution in [2.24, 2.45) is 0 Å². The number of hydrogen-bond donors (Lipinski definition) is 1. The lowest BCUT2D eigenvalue weighted by Gasteiger charge is -2.27. The van der Waals surface area contributed by atoms with Gasteiger partial charge in [-0.15, -0.1) is 0 Å². The zero-order valence-electron chi connectivity index (χ0n) is 8.77. The molecule has 0 bridgehead atoms. The number of likely N-dealkylation sites (N-methyl/N-ethyl adjacent to an activating group) is 1. The molecule has 0 heterocycles. The summed E-state index contributed by atoms with van der Waals surface area (Å²) in [7, 11) is 0. The van der Waals surface area contributed by atoms with Gasteiger partial charge in [0.05, 0.1) is 0 Å². The van der Waals surface area contributed by atoms with Gasteiger partial charge in [-0.05, 0) is 60.7 Å². The van der Waals surface area contributed by atoms with Crippen LogP contribution in [0.4, 0.5) is 5.69 Å². The Kier molecular flexibility index (Phi) is 4.38. The highest BCUT2D eigenvalue weighted by Gasteiger charge is 2.18. The number of rotatable bonds is 4. The smallest absolute Gasteiger partial charge is 0.326 e. The molecule has 0 aliphatic heterocycles. The summed E-state index contributed by atoms with van der Waals surface area (Å²) >= 11 is 2.23. The number of nitrogens with zero attached hydrogens (tertiary/aromatic N) is 1. The van der Waals surface area contributed by atoms with Crippen LogP contribution in [-0.4, -0.2) is 23.7 Å². The first kappa shape index (κ1) is 12.3. The topological polar surface area (TPSA) is 40.5 Å². The first-order chi connectivity index (χ1) is 7.06. The maximum atomic E-state index is 10.9. The highest BCUT2D eigenvalue weighted by Crippen LogP contribution is 2.18. The highest BCUT2D eigenvalue weighted by atomic mass is 127. The van der Waals surface area contributed by atoms with Crippen LogP contribution in [0.2, 0.25) is 0 Å². The minimum atomic E-state index is -0.796. The first-order valence-corrected chi connectivity index (χ1v) is 5.89. The molecule has 1 aromatic carbocycles. The summed E-state index contributed by atoms with van der Waals surface area (Å²) in [4.78, 5) is 12.8. The van der Waals surface area contributed by atoms with Crippen LogP contribution in [0.25, 0.3) is 0 Å². The molecule has 0 aliphatic rings. The molecule has 0 saturated carbocycles. The molecule has 0 radical (unpaired) electrons. The molecule has 0 saturated heterocycles. The van der Waals surface area contributed by atoms with Crippen LogP contribution < -0.4 is 4.90 Å². The lowest BCUT2D eigenvalue weighted by Crippen LogP contribution is -2.38. The number of carboxylic acids is 1. The third-order valence-corrected chi connectivity index (χ3v) is 3.04. The monoisotopic (exact) mass is 319 g/mol. The number of aliphatic carboxylic acids is 1. The van der Waals surface area contributed by atoms with Gasteiger partial charge in [-0.25, -0.2) is 4.79 Å². The van der Waals surface area contributed by atoms with Gasteiger partial charge in [0, 0.05) is 15.8 Å². The van der Waals surface area contributed by atoms with Crippen molar-refractivity contribution in [2.75, 3.05) is 11.4 Å². The number of halogens is 1.